The lowest BCUT2D eigenvalue weighted by Gasteiger charge is -2.28. The van der Waals surface area contributed by atoms with Crippen molar-refractivity contribution in [2.75, 3.05) is 0 Å². The summed E-state index contributed by atoms with van der Waals surface area (Å²) < 4.78 is 0. The van der Waals surface area contributed by atoms with Crippen LogP contribution in [0.25, 0.3) is 0 Å². The van der Waals surface area contributed by atoms with Gasteiger partial charge in [-0.3, -0.25) is 5.43 Å². The number of allylic oxidation sites excluding steroid dienone is 3. The Balaban J connectivity index is 2.90. The zero-order valence-electron chi connectivity index (χ0n) is 14.5. The molecule has 0 aromatic carbocycles. The van der Waals surface area contributed by atoms with E-state index in [-0.39, 0.29) is 0 Å². The van der Waals surface area contributed by atoms with Gasteiger partial charge in [-0.1, -0.05) is 39.3 Å². The van der Waals surface area contributed by atoms with Crippen LogP contribution in [0.2, 0.25) is 0 Å². The standard InChI is InChI=1S/C19H34N2/c1-6-16(7-2)13-18-12-11-17(15(3)4)9-8-10-19(18)14-21-20-5/h13-15,17-18,21H,5-12H2,1-4H3/b19-14-. The number of hydrogen-bond acceptors (Lipinski definition) is 2. The summed E-state index contributed by atoms with van der Waals surface area (Å²) >= 11 is 0. The molecule has 0 amide bonds. The second-order valence-electron chi connectivity index (χ2n) is 6.62. The van der Waals surface area contributed by atoms with Crippen LogP contribution in [-0.4, -0.2) is 6.72 Å². The van der Waals surface area contributed by atoms with Crippen LogP contribution >= 0.6 is 0 Å². The van der Waals surface area contributed by atoms with Crippen molar-refractivity contribution in [3.63, 3.8) is 0 Å². The van der Waals surface area contributed by atoms with Gasteiger partial charge in [-0.15, -0.1) is 0 Å². The summed E-state index contributed by atoms with van der Waals surface area (Å²) in [4.78, 5) is 0. The first-order chi connectivity index (χ1) is 10.1. The zero-order chi connectivity index (χ0) is 15.7. The fourth-order valence-corrected chi connectivity index (χ4v) is 3.41. The lowest BCUT2D eigenvalue weighted by molar-refractivity contribution is 0.298. The van der Waals surface area contributed by atoms with Crippen LogP contribution in [0.1, 0.15) is 72.6 Å². The maximum atomic E-state index is 3.78. The molecular weight excluding hydrogens is 256 g/mol. The van der Waals surface area contributed by atoms with E-state index in [1.807, 2.05) is 0 Å². The van der Waals surface area contributed by atoms with E-state index in [2.05, 4.69) is 57.2 Å². The van der Waals surface area contributed by atoms with E-state index in [1.54, 1.807) is 5.57 Å². The van der Waals surface area contributed by atoms with Gasteiger partial charge in [0.2, 0.25) is 0 Å². The molecule has 1 saturated carbocycles. The Bertz CT molecular complexity index is 360. The van der Waals surface area contributed by atoms with Crippen LogP contribution in [0.4, 0.5) is 0 Å². The number of hydrazone groups is 1. The molecule has 2 nitrogen and oxygen atoms in total. The van der Waals surface area contributed by atoms with Crippen molar-refractivity contribution in [1.82, 2.24) is 5.43 Å². The number of nitrogens with zero attached hydrogens (tertiary/aromatic N) is 1. The topological polar surface area (TPSA) is 24.4 Å². The molecule has 2 unspecified atom stereocenters. The fraction of sp³-hybridized carbons (Fsp3) is 0.737. The number of nitrogens with one attached hydrogen (secondary N) is 1. The third-order valence-corrected chi connectivity index (χ3v) is 4.99. The Morgan fingerprint density at radius 1 is 1.29 bits per heavy atom. The highest BCUT2D eigenvalue weighted by molar-refractivity contribution is 5.23. The van der Waals surface area contributed by atoms with E-state index < -0.39 is 0 Å². The van der Waals surface area contributed by atoms with Gasteiger partial charge in [-0.25, -0.2) is 0 Å². The van der Waals surface area contributed by atoms with Gasteiger partial charge in [0.15, 0.2) is 0 Å². The summed E-state index contributed by atoms with van der Waals surface area (Å²) in [6, 6.07) is 0. The Labute approximate surface area is 131 Å². The van der Waals surface area contributed by atoms with Gasteiger partial charge in [0, 0.05) is 12.9 Å². The van der Waals surface area contributed by atoms with Crippen molar-refractivity contribution in [3.8, 4) is 0 Å². The molecule has 1 aliphatic rings. The Hall–Kier alpha value is -1.05. The predicted molar refractivity (Wildman–Crippen MR) is 94.3 cm³/mol. The van der Waals surface area contributed by atoms with Crippen molar-refractivity contribution in [1.29, 1.82) is 0 Å². The molecule has 21 heavy (non-hydrogen) atoms. The number of hydrogen-bond donors (Lipinski definition) is 1. The third kappa shape index (κ3) is 6.07. The van der Waals surface area contributed by atoms with Crippen LogP contribution in [0.3, 0.4) is 0 Å². The van der Waals surface area contributed by atoms with E-state index in [0.717, 1.165) is 11.8 Å². The lowest BCUT2D eigenvalue weighted by atomic mass is 9.78. The summed E-state index contributed by atoms with van der Waals surface area (Å²) in [5, 5.41) is 3.78. The quantitative estimate of drug-likeness (QED) is 0.380. The maximum absolute atomic E-state index is 3.78. The molecule has 2 heteroatoms. The Morgan fingerprint density at radius 2 is 2.00 bits per heavy atom. The summed E-state index contributed by atoms with van der Waals surface area (Å²) in [6.07, 6.45) is 13.4. The van der Waals surface area contributed by atoms with Crippen LogP contribution in [0, 0.1) is 17.8 Å². The summed E-state index contributed by atoms with van der Waals surface area (Å²) in [5.41, 5.74) is 6.05. The second-order valence-corrected chi connectivity index (χ2v) is 6.62. The monoisotopic (exact) mass is 290 g/mol. The minimum absolute atomic E-state index is 0.579. The van der Waals surface area contributed by atoms with Gasteiger partial charge >= 0.3 is 0 Å². The van der Waals surface area contributed by atoms with Crippen molar-refractivity contribution in [2.24, 2.45) is 22.9 Å². The van der Waals surface area contributed by atoms with Crippen LogP contribution in [-0.2, 0) is 0 Å². The molecule has 1 N–H and O–H groups in total. The molecular formula is C19H34N2. The molecule has 0 radical (unpaired) electrons. The van der Waals surface area contributed by atoms with Crippen LogP contribution in [0.15, 0.2) is 28.5 Å². The first-order valence-corrected chi connectivity index (χ1v) is 8.72. The minimum atomic E-state index is 0.579. The van der Waals surface area contributed by atoms with Gasteiger partial charge in [0.25, 0.3) is 0 Å². The summed E-state index contributed by atoms with van der Waals surface area (Å²) in [5.74, 6) is 2.28. The number of rotatable bonds is 6. The zero-order valence-corrected chi connectivity index (χ0v) is 14.5. The summed E-state index contributed by atoms with van der Waals surface area (Å²) in [7, 11) is 0. The van der Waals surface area contributed by atoms with Crippen LogP contribution in [0.5, 0.6) is 0 Å². The molecule has 0 bridgehead atoms. The third-order valence-electron chi connectivity index (χ3n) is 4.99. The fourth-order valence-electron chi connectivity index (χ4n) is 3.41. The summed E-state index contributed by atoms with van der Waals surface area (Å²) in [6.45, 7) is 12.8. The van der Waals surface area contributed by atoms with Crippen LogP contribution < -0.4 is 5.43 Å². The van der Waals surface area contributed by atoms with Crippen molar-refractivity contribution in [3.05, 3.63) is 23.4 Å². The molecule has 1 rings (SSSR count). The SMILES string of the molecule is C=NN/C=C1/CCCC(C(C)C)CCC1C=C(CC)CC. The second kappa shape index (κ2) is 9.81. The molecule has 0 heterocycles. The average Bonchev–Trinajstić information content (AvgIpc) is 2.45. The van der Waals surface area contributed by atoms with Gasteiger partial charge in [0.05, 0.1) is 0 Å². The molecule has 2 atom stereocenters. The first kappa shape index (κ1) is 18.0. The largest absolute Gasteiger partial charge is 0.286 e. The normalized spacial score (nSPS) is 25.3. The van der Waals surface area contributed by atoms with Gasteiger partial charge in [0.1, 0.15) is 0 Å². The molecule has 1 aliphatic carbocycles. The highest BCUT2D eigenvalue weighted by Crippen LogP contribution is 2.34. The van der Waals surface area contributed by atoms with E-state index in [1.165, 1.54) is 50.5 Å². The van der Waals surface area contributed by atoms with Gasteiger partial charge < -0.3 is 0 Å². The Kier molecular flexibility index (Phi) is 8.41. The van der Waals surface area contributed by atoms with E-state index in [4.69, 9.17) is 0 Å². The van der Waals surface area contributed by atoms with E-state index >= 15 is 0 Å². The van der Waals surface area contributed by atoms with Gasteiger partial charge in [-0.05, 0) is 68.3 Å². The van der Waals surface area contributed by atoms with Crippen molar-refractivity contribution >= 4 is 6.72 Å². The lowest BCUT2D eigenvalue weighted by Crippen LogP contribution is -2.16. The van der Waals surface area contributed by atoms with E-state index in [9.17, 15) is 0 Å². The maximum Gasteiger partial charge on any atom is 0.0197 e. The molecule has 1 fully saturated rings. The molecule has 120 valence electrons. The van der Waals surface area contributed by atoms with Crippen molar-refractivity contribution in [2.45, 2.75) is 72.6 Å². The molecule has 0 spiro atoms. The molecule has 0 aromatic rings. The smallest absolute Gasteiger partial charge is 0.0197 e. The average molecular weight is 290 g/mol. The minimum Gasteiger partial charge on any atom is -0.286 e. The molecule has 0 aliphatic heterocycles. The first-order valence-electron chi connectivity index (χ1n) is 8.72. The predicted octanol–water partition coefficient (Wildman–Crippen LogP) is 5.67. The molecule has 0 aromatic heterocycles. The Morgan fingerprint density at radius 3 is 2.57 bits per heavy atom. The van der Waals surface area contributed by atoms with Crippen molar-refractivity contribution < 1.29 is 0 Å². The van der Waals surface area contributed by atoms with E-state index in [0.29, 0.717) is 5.92 Å². The highest BCUT2D eigenvalue weighted by atomic mass is 15.3. The van der Waals surface area contributed by atoms with Gasteiger partial charge in [-0.2, -0.15) is 5.10 Å². The molecule has 0 saturated heterocycles. The highest BCUT2D eigenvalue weighted by Gasteiger charge is 2.21.